The third-order valence-electron chi connectivity index (χ3n) is 3.53. The van der Waals surface area contributed by atoms with E-state index in [9.17, 15) is 0 Å². The molecule has 142 valence electrons. The standard InChI is InChI=1S/C18H30BrN3O3/c1-6-9-23-12-14(3)25-18-17(19)11-16(15(4)21-18)8-10-24-20-13-22(5)7-2/h11,13-14H,6-10,12H2,1-5H3. The van der Waals surface area contributed by atoms with E-state index in [1.165, 1.54) is 0 Å². The molecule has 1 unspecified atom stereocenters. The monoisotopic (exact) mass is 415 g/mol. The molecule has 0 amide bonds. The van der Waals surface area contributed by atoms with E-state index >= 15 is 0 Å². The maximum atomic E-state index is 5.87. The Hall–Kier alpha value is -1.34. The minimum absolute atomic E-state index is 0.0474. The van der Waals surface area contributed by atoms with Crippen molar-refractivity contribution in [3.63, 3.8) is 0 Å². The number of halogens is 1. The average Bonchev–Trinajstić information content (AvgIpc) is 2.58. The lowest BCUT2D eigenvalue weighted by Crippen LogP contribution is -2.20. The molecule has 7 heteroatoms. The molecule has 0 fully saturated rings. The van der Waals surface area contributed by atoms with Gasteiger partial charge in [0.1, 0.15) is 19.0 Å². The maximum Gasteiger partial charge on any atom is 0.228 e. The molecule has 25 heavy (non-hydrogen) atoms. The molecule has 0 radical (unpaired) electrons. The Morgan fingerprint density at radius 1 is 1.36 bits per heavy atom. The van der Waals surface area contributed by atoms with Crippen LogP contribution in [0.25, 0.3) is 0 Å². The van der Waals surface area contributed by atoms with Crippen LogP contribution in [0.1, 0.15) is 38.4 Å². The molecule has 0 saturated heterocycles. The topological polar surface area (TPSA) is 56.2 Å². The number of oxime groups is 1. The summed E-state index contributed by atoms with van der Waals surface area (Å²) in [5, 5.41) is 3.93. The highest BCUT2D eigenvalue weighted by Crippen LogP contribution is 2.26. The first-order valence-corrected chi connectivity index (χ1v) is 9.53. The third kappa shape index (κ3) is 8.54. The van der Waals surface area contributed by atoms with Gasteiger partial charge in [0, 0.05) is 32.3 Å². The molecule has 6 nitrogen and oxygen atoms in total. The summed E-state index contributed by atoms with van der Waals surface area (Å²) < 4.78 is 12.2. The lowest BCUT2D eigenvalue weighted by Gasteiger charge is -2.16. The summed E-state index contributed by atoms with van der Waals surface area (Å²) in [7, 11) is 1.95. The number of pyridine rings is 1. The maximum absolute atomic E-state index is 5.87. The number of hydrogen-bond donors (Lipinski definition) is 0. The van der Waals surface area contributed by atoms with E-state index in [1.807, 2.05) is 31.9 Å². The number of hydrogen-bond acceptors (Lipinski definition) is 5. The second kappa shape index (κ2) is 12.1. The molecule has 1 aromatic rings. The van der Waals surface area contributed by atoms with Crippen LogP contribution < -0.4 is 4.74 Å². The van der Waals surface area contributed by atoms with Crippen molar-refractivity contribution in [2.75, 3.05) is 33.4 Å². The fourth-order valence-electron chi connectivity index (χ4n) is 1.95. The van der Waals surface area contributed by atoms with Crippen LogP contribution in [-0.2, 0) is 16.0 Å². The van der Waals surface area contributed by atoms with Gasteiger partial charge in [-0.1, -0.05) is 12.1 Å². The first-order chi connectivity index (χ1) is 12.0. The van der Waals surface area contributed by atoms with E-state index in [-0.39, 0.29) is 6.10 Å². The van der Waals surface area contributed by atoms with Crippen LogP contribution in [0.3, 0.4) is 0 Å². The van der Waals surface area contributed by atoms with Gasteiger partial charge < -0.3 is 19.2 Å². The number of rotatable bonds is 12. The van der Waals surface area contributed by atoms with Crippen molar-refractivity contribution in [1.29, 1.82) is 0 Å². The molecule has 0 saturated carbocycles. The van der Waals surface area contributed by atoms with E-state index in [0.717, 1.165) is 41.7 Å². The second-order valence-electron chi connectivity index (χ2n) is 5.90. The Kier molecular flexibility index (Phi) is 10.5. The molecular formula is C18H30BrN3O3. The van der Waals surface area contributed by atoms with Crippen molar-refractivity contribution in [3.05, 3.63) is 21.8 Å². The predicted octanol–water partition coefficient (Wildman–Crippen LogP) is 3.80. The number of aryl methyl sites for hydroxylation is 1. The summed E-state index contributed by atoms with van der Waals surface area (Å²) in [4.78, 5) is 11.8. The van der Waals surface area contributed by atoms with Gasteiger partial charge in [0.2, 0.25) is 5.88 Å². The highest BCUT2D eigenvalue weighted by atomic mass is 79.9. The molecule has 0 spiro atoms. The predicted molar refractivity (Wildman–Crippen MR) is 104 cm³/mol. The zero-order valence-electron chi connectivity index (χ0n) is 15.9. The van der Waals surface area contributed by atoms with Crippen LogP contribution in [0.2, 0.25) is 0 Å². The summed E-state index contributed by atoms with van der Waals surface area (Å²) in [5.41, 5.74) is 2.03. The normalized spacial score (nSPS) is 12.4. The van der Waals surface area contributed by atoms with Gasteiger partial charge >= 0.3 is 0 Å². The number of ether oxygens (including phenoxy) is 2. The van der Waals surface area contributed by atoms with E-state index in [2.05, 4.69) is 39.9 Å². The molecule has 0 bridgehead atoms. The third-order valence-corrected chi connectivity index (χ3v) is 4.10. The van der Waals surface area contributed by atoms with Gasteiger partial charge in [0.15, 0.2) is 0 Å². The van der Waals surface area contributed by atoms with Gasteiger partial charge in [-0.3, -0.25) is 0 Å². The lowest BCUT2D eigenvalue weighted by atomic mass is 10.1. The second-order valence-corrected chi connectivity index (χ2v) is 6.75. The van der Waals surface area contributed by atoms with Gasteiger partial charge in [0.25, 0.3) is 0 Å². The highest BCUT2D eigenvalue weighted by molar-refractivity contribution is 9.10. The quantitative estimate of drug-likeness (QED) is 0.225. The molecular weight excluding hydrogens is 386 g/mol. The lowest BCUT2D eigenvalue weighted by molar-refractivity contribution is 0.0563. The molecule has 0 aliphatic heterocycles. The average molecular weight is 416 g/mol. The zero-order valence-corrected chi connectivity index (χ0v) is 17.5. The zero-order chi connectivity index (χ0) is 18.7. The van der Waals surface area contributed by atoms with Gasteiger partial charge in [-0.15, -0.1) is 0 Å². The van der Waals surface area contributed by atoms with Crippen LogP contribution in [0.15, 0.2) is 15.7 Å². The summed E-state index contributed by atoms with van der Waals surface area (Å²) >= 11 is 3.54. The van der Waals surface area contributed by atoms with Gasteiger partial charge in [-0.2, -0.15) is 0 Å². The first-order valence-electron chi connectivity index (χ1n) is 8.74. The summed E-state index contributed by atoms with van der Waals surface area (Å²) in [5.74, 6) is 0.595. The smallest absolute Gasteiger partial charge is 0.228 e. The van der Waals surface area contributed by atoms with Crippen LogP contribution in [0, 0.1) is 6.92 Å². The van der Waals surface area contributed by atoms with Crippen molar-refractivity contribution in [1.82, 2.24) is 9.88 Å². The molecule has 0 aliphatic rings. The molecule has 1 rings (SSSR count). The van der Waals surface area contributed by atoms with Crippen LogP contribution >= 0.6 is 15.9 Å². The van der Waals surface area contributed by atoms with Crippen molar-refractivity contribution >= 4 is 22.3 Å². The van der Waals surface area contributed by atoms with Gasteiger partial charge in [-0.25, -0.2) is 4.98 Å². The molecule has 0 aliphatic carbocycles. The summed E-state index contributed by atoms with van der Waals surface area (Å²) in [6, 6.07) is 2.03. The molecule has 1 heterocycles. The summed E-state index contributed by atoms with van der Waals surface area (Å²) in [6.45, 7) is 10.8. The minimum atomic E-state index is -0.0474. The molecule has 0 aromatic carbocycles. The van der Waals surface area contributed by atoms with Crippen molar-refractivity contribution in [3.8, 4) is 5.88 Å². The molecule has 1 aromatic heterocycles. The largest absolute Gasteiger partial charge is 0.471 e. The van der Waals surface area contributed by atoms with Gasteiger partial charge in [0.05, 0.1) is 11.1 Å². The fourth-order valence-corrected chi connectivity index (χ4v) is 2.41. The van der Waals surface area contributed by atoms with Crippen LogP contribution in [0.5, 0.6) is 5.88 Å². The Balaban J connectivity index is 2.53. The van der Waals surface area contributed by atoms with E-state index in [1.54, 1.807) is 6.34 Å². The Labute approximate surface area is 159 Å². The minimum Gasteiger partial charge on any atom is -0.471 e. The van der Waals surface area contributed by atoms with Crippen LogP contribution in [-0.4, -0.2) is 55.7 Å². The Morgan fingerprint density at radius 2 is 2.12 bits per heavy atom. The first kappa shape index (κ1) is 21.7. The highest BCUT2D eigenvalue weighted by Gasteiger charge is 2.12. The van der Waals surface area contributed by atoms with E-state index in [4.69, 9.17) is 14.3 Å². The number of aromatic nitrogens is 1. The van der Waals surface area contributed by atoms with Gasteiger partial charge in [-0.05, 0) is 54.8 Å². The van der Waals surface area contributed by atoms with E-state index in [0.29, 0.717) is 19.1 Å². The number of nitrogens with zero attached hydrogens (tertiary/aromatic N) is 3. The molecule has 0 N–H and O–H groups in total. The van der Waals surface area contributed by atoms with Crippen molar-refractivity contribution in [2.24, 2.45) is 5.16 Å². The van der Waals surface area contributed by atoms with Crippen molar-refractivity contribution < 1.29 is 14.3 Å². The Morgan fingerprint density at radius 3 is 2.80 bits per heavy atom. The SMILES string of the molecule is CCCOCC(C)Oc1nc(C)c(CCON=CN(C)CC)cc1Br. The fraction of sp³-hybridized carbons (Fsp3) is 0.667. The van der Waals surface area contributed by atoms with Crippen molar-refractivity contribution in [2.45, 2.75) is 46.6 Å². The van der Waals surface area contributed by atoms with Crippen LogP contribution in [0.4, 0.5) is 0 Å². The molecule has 1 atom stereocenters. The van der Waals surface area contributed by atoms with E-state index < -0.39 is 0 Å². The summed E-state index contributed by atoms with van der Waals surface area (Å²) in [6.07, 6.45) is 3.37. The Bertz CT molecular complexity index is 541.